The number of thiocarbonyl (C=S) groups is 1. The zero-order chi connectivity index (χ0) is 14.5. The van der Waals surface area contributed by atoms with Crippen LogP contribution in [-0.4, -0.2) is 10.9 Å². The second-order valence-electron chi connectivity index (χ2n) is 5.62. The number of hydrogen-bond acceptors (Lipinski definition) is 2. The highest BCUT2D eigenvalue weighted by Crippen LogP contribution is 2.27. The maximum atomic E-state index is 12.2. The molecule has 1 amide bonds. The van der Waals surface area contributed by atoms with Gasteiger partial charge in [-0.15, -0.1) is 0 Å². The highest BCUT2D eigenvalue weighted by Gasteiger charge is 2.18. The highest BCUT2D eigenvalue weighted by molar-refractivity contribution is 7.80. The van der Waals surface area contributed by atoms with Crippen LogP contribution in [0.1, 0.15) is 49.7 Å². The zero-order valence-corrected chi connectivity index (χ0v) is 12.8. The van der Waals surface area contributed by atoms with Gasteiger partial charge >= 0.3 is 0 Å². The summed E-state index contributed by atoms with van der Waals surface area (Å²) >= 11 is 5.08. The van der Waals surface area contributed by atoms with Crippen LogP contribution in [0, 0.1) is 12.8 Å². The van der Waals surface area contributed by atoms with E-state index in [9.17, 15) is 4.79 Å². The van der Waals surface area contributed by atoms with Crippen LogP contribution >= 0.6 is 12.2 Å². The number of benzene rings is 1. The molecule has 0 aliphatic heterocycles. The van der Waals surface area contributed by atoms with Crippen LogP contribution in [0.3, 0.4) is 0 Å². The molecule has 2 rings (SSSR count). The number of nitrogens with two attached hydrogens (primary N) is 1. The maximum Gasteiger partial charge on any atom is 0.224 e. The van der Waals surface area contributed by atoms with Crippen molar-refractivity contribution in [2.45, 2.75) is 45.4 Å². The molecule has 108 valence electrons. The van der Waals surface area contributed by atoms with E-state index in [1.165, 1.54) is 32.1 Å². The van der Waals surface area contributed by atoms with Crippen molar-refractivity contribution in [2.75, 3.05) is 5.32 Å². The van der Waals surface area contributed by atoms with Gasteiger partial charge in [0, 0.05) is 12.0 Å². The summed E-state index contributed by atoms with van der Waals surface area (Å²) in [5.74, 6) is 0.599. The number of carbonyl (C=O) groups is 1. The van der Waals surface area contributed by atoms with E-state index in [4.69, 9.17) is 18.0 Å². The monoisotopic (exact) mass is 290 g/mol. The lowest BCUT2D eigenvalue weighted by atomic mass is 9.87. The summed E-state index contributed by atoms with van der Waals surface area (Å²) < 4.78 is 0. The molecule has 20 heavy (non-hydrogen) atoms. The molecule has 1 aromatic carbocycles. The standard InChI is InChI=1S/C16H22N2OS/c1-11-6-5-9-13(15(11)16(17)20)18-14(19)10-12-7-3-2-4-8-12/h5-6,9,12H,2-4,7-8,10H2,1H3,(H2,17,20)(H,18,19). The molecule has 0 heterocycles. The first kappa shape index (κ1) is 15.0. The van der Waals surface area contributed by atoms with E-state index in [1.54, 1.807) is 0 Å². The van der Waals surface area contributed by atoms with Crippen molar-refractivity contribution in [3.05, 3.63) is 29.3 Å². The molecule has 0 atom stereocenters. The molecule has 4 heteroatoms. The summed E-state index contributed by atoms with van der Waals surface area (Å²) in [5.41, 5.74) is 8.26. The smallest absolute Gasteiger partial charge is 0.224 e. The van der Waals surface area contributed by atoms with Crippen molar-refractivity contribution in [1.82, 2.24) is 0 Å². The van der Waals surface area contributed by atoms with E-state index in [1.807, 2.05) is 25.1 Å². The van der Waals surface area contributed by atoms with Crippen molar-refractivity contribution in [3.8, 4) is 0 Å². The summed E-state index contributed by atoms with van der Waals surface area (Å²) in [4.78, 5) is 12.5. The third-order valence-corrected chi connectivity index (χ3v) is 4.20. The Bertz CT molecular complexity index is 507. The van der Waals surface area contributed by atoms with Crippen LogP contribution in [-0.2, 0) is 4.79 Å². The molecule has 1 aliphatic carbocycles. The highest BCUT2D eigenvalue weighted by atomic mass is 32.1. The molecule has 0 saturated heterocycles. The predicted molar refractivity (Wildman–Crippen MR) is 86.9 cm³/mol. The van der Waals surface area contributed by atoms with Gasteiger partial charge in [0.2, 0.25) is 5.91 Å². The van der Waals surface area contributed by atoms with E-state index in [-0.39, 0.29) is 5.91 Å². The molecule has 0 spiro atoms. The van der Waals surface area contributed by atoms with E-state index < -0.39 is 0 Å². The predicted octanol–water partition coefficient (Wildman–Crippen LogP) is 3.54. The number of hydrogen-bond donors (Lipinski definition) is 2. The molecule has 1 saturated carbocycles. The topological polar surface area (TPSA) is 55.1 Å². The van der Waals surface area contributed by atoms with Crippen molar-refractivity contribution in [2.24, 2.45) is 11.7 Å². The summed E-state index contributed by atoms with van der Waals surface area (Å²) in [7, 11) is 0. The van der Waals surface area contributed by atoms with Gasteiger partial charge in [-0.25, -0.2) is 0 Å². The Morgan fingerprint density at radius 2 is 2.05 bits per heavy atom. The third-order valence-electron chi connectivity index (χ3n) is 3.99. The molecule has 0 aromatic heterocycles. The molecular weight excluding hydrogens is 268 g/mol. The first-order chi connectivity index (χ1) is 9.58. The van der Waals surface area contributed by atoms with Crippen LogP contribution < -0.4 is 11.1 Å². The van der Waals surface area contributed by atoms with Gasteiger partial charge in [-0.2, -0.15) is 0 Å². The summed E-state index contributed by atoms with van der Waals surface area (Å²) in [5, 5.41) is 2.97. The quantitative estimate of drug-likeness (QED) is 0.834. The van der Waals surface area contributed by atoms with Crippen LogP contribution in [0.2, 0.25) is 0 Å². The molecular formula is C16H22N2OS. The Morgan fingerprint density at radius 3 is 2.70 bits per heavy atom. The fourth-order valence-corrected chi connectivity index (χ4v) is 3.22. The van der Waals surface area contributed by atoms with Crippen LogP contribution in [0.15, 0.2) is 18.2 Å². The average Bonchev–Trinajstić information content (AvgIpc) is 2.39. The molecule has 1 fully saturated rings. The second-order valence-corrected chi connectivity index (χ2v) is 6.06. The summed E-state index contributed by atoms with van der Waals surface area (Å²) in [6.07, 6.45) is 6.75. The lowest BCUT2D eigenvalue weighted by Gasteiger charge is -2.21. The number of nitrogens with one attached hydrogen (secondary N) is 1. The Morgan fingerprint density at radius 1 is 1.35 bits per heavy atom. The lowest BCUT2D eigenvalue weighted by molar-refractivity contribution is -0.117. The minimum absolute atomic E-state index is 0.0694. The van der Waals surface area contributed by atoms with E-state index in [0.717, 1.165) is 16.8 Å². The van der Waals surface area contributed by atoms with Gasteiger partial charge < -0.3 is 11.1 Å². The first-order valence-corrected chi connectivity index (χ1v) is 7.68. The fourth-order valence-electron chi connectivity index (χ4n) is 2.95. The molecule has 3 nitrogen and oxygen atoms in total. The van der Waals surface area contributed by atoms with Crippen molar-refractivity contribution < 1.29 is 4.79 Å². The van der Waals surface area contributed by atoms with Gasteiger partial charge in [-0.05, 0) is 37.3 Å². The SMILES string of the molecule is Cc1cccc(NC(=O)CC2CCCCC2)c1C(N)=S. The van der Waals surface area contributed by atoms with Crippen molar-refractivity contribution >= 4 is 28.8 Å². The number of anilines is 1. The van der Waals surface area contributed by atoms with Crippen molar-refractivity contribution in [1.29, 1.82) is 0 Å². The van der Waals surface area contributed by atoms with Gasteiger partial charge in [0.05, 0.1) is 5.69 Å². The summed E-state index contributed by atoms with van der Waals surface area (Å²) in [6, 6.07) is 5.72. The van der Waals surface area contributed by atoms with Crippen LogP contribution in [0.5, 0.6) is 0 Å². The van der Waals surface area contributed by atoms with E-state index in [2.05, 4.69) is 5.32 Å². The van der Waals surface area contributed by atoms with Gasteiger partial charge in [-0.3, -0.25) is 4.79 Å². The molecule has 1 aromatic rings. The molecule has 1 aliphatic rings. The van der Waals surface area contributed by atoms with Gasteiger partial charge in [0.1, 0.15) is 4.99 Å². The van der Waals surface area contributed by atoms with Gasteiger partial charge in [0.15, 0.2) is 0 Å². The Hall–Kier alpha value is -1.42. The minimum atomic E-state index is 0.0694. The fraction of sp³-hybridized carbons (Fsp3) is 0.500. The van der Waals surface area contributed by atoms with Crippen LogP contribution in [0.25, 0.3) is 0 Å². The van der Waals surface area contributed by atoms with E-state index in [0.29, 0.717) is 17.3 Å². The molecule has 0 bridgehead atoms. The number of rotatable bonds is 4. The number of aryl methyl sites for hydroxylation is 1. The largest absolute Gasteiger partial charge is 0.389 e. The van der Waals surface area contributed by atoms with Crippen LogP contribution in [0.4, 0.5) is 5.69 Å². The average molecular weight is 290 g/mol. The summed E-state index contributed by atoms with van der Waals surface area (Å²) in [6.45, 7) is 1.95. The second kappa shape index (κ2) is 6.84. The Labute approximate surface area is 125 Å². The maximum absolute atomic E-state index is 12.2. The Kier molecular flexibility index (Phi) is 5.12. The van der Waals surface area contributed by atoms with Crippen molar-refractivity contribution in [3.63, 3.8) is 0 Å². The molecule has 0 radical (unpaired) electrons. The zero-order valence-electron chi connectivity index (χ0n) is 11.9. The normalized spacial score (nSPS) is 15.8. The first-order valence-electron chi connectivity index (χ1n) is 7.27. The van der Waals surface area contributed by atoms with Gasteiger partial charge in [0.25, 0.3) is 0 Å². The van der Waals surface area contributed by atoms with Gasteiger partial charge in [-0.1, -0.05) is 43.6 Å². The number of carbonyl (C=O) groups excluding carboxylic acids is 1. The third kappa shape index (κ3) is 3.79. The molecule has 0 unspecified atom stereocenters. The lowest BCUT2D eigenvalue weighted by Crippen LogP contribution is -2.21. The Balaban J connectivity index is 2.04. The number of amides is 1. The molecule has 3 N–H and O–H groups in total. The van der Waals surface area contributed by atoms with E-state index >= 15 is 0 Å². The minimum Gasteiger partial charge on any atom is -0.389 e.